The average molecular weight is 265 g/mol. The Bertz CT molecular complexity index is 389. The molecule has 1 atom stereocenters. The molecule has 1 unspecified atom stereocenters. The molecule has 1 fully saturated rings. The molecule has 0 aromatic heterocycles. The Morgan fingerprint density at radius 2 is 2.32 bits per heavy atom. The molecule has 1 aromatic carbocycles. The highest BCUT2D eigenvalue weighted by molar-refractivity contribution is 5.46. The van der Waals surface area contributed by atoms with Crippen molar-refractivity contribution < 1.29 is 14.2 Å². The molecule has 1 N–H and O–H groups in total. The van der Waals surface area contributed by atoms with Crippen molar-refractivity contribution in [1.82, 2.24) is 5.32 Å². The topological polar surface area (TPSA) is 39.7 Å². The van der Waals surface area contributed by atoms with Crippen LogP contribution in [0.4, 0.5) is 0 Å². The van der Waals surface area contributed by atoms with Crippen molar-refractivity contribution in [2.24, 2.45) is 5.92 Å². The number of rotatable bonds is 7. The van der Waals surface area contributed by atoms with E-state index in [0.717, 1.165) is 49.8 Å². The Hall–Kier alpha value is -1.26. The number of ether oxygens (including phenoxy) is 3. The Morgan fingerprint density at radius 3 is 3.00 bits per heavy atom. The summed E-state index contributed by atoms with van der Waals surface area (Å²) in [5.74, 6) is 2.16. The summed E-state index contributed by atoms with van der Waals surface area (Å²) in [5, 5.41) is 3.32. The Balaban J connectivity index is 2.05. The summed E-state index contributed by atoms with van der Waals surface area (Å²) in [5.41, 5.74) is 1.14. The van der Waals surface area contributed by atoms with Crippen molar-refractivity contribution in [3.63, 3.8) is 0 Å². The Morgan fingerprint density at radius 1 is 1.42 bits per heavy atom. The van der Waals surface area contributed by atoms with Crippen LogP contribution in [0.5, 0.6) is 11.5 Å². The van der Waals surface area contributed by atoms with Gasteiger partial charge >= 0.3 is 0 Å². The highest BCUT2D eigenvalue weighted by atomic mass is 16.5. The van der Waals surface area contributed by atoms with Gasteiger partial charge in [0.1, 0.15) is 0 Å². The highest BCUT2D eigenvalue weighted by Gasteiger charge is 2.18. The summed E-state index contributed by atoms with van der Waals surface area (Å²) in [7, 11) is 1.68. The van der Waals surface area contributed by atoms with Gasteiger partial charge in [-0.15, -0.1) is 0 Å². The van der Waals surface area contributed by atoms with Crippen LogP contribution < -0.4 is 14.8 Å². The van der Waals surface area contributed by atoms with Gasteiger partial charge in [-0.1, -0.05) is 19.1 Å². The molecule has 2 rings (SSSR count). The van der Waals surface area contributed by atoms with E-state index in [2.05, 4.69) is 18.3 Å². The molecule has 4 heteroatoms. The van der Waals surface area contributed by atoms with E-state index in [1.165, 1.54) is 0 Å². The first-order chi connectivity index (χ1) is 9.35. The van der Waals surface area contributed by atoms with E-state index in [1.54, 1.807) is 7.11 Å². The number of hydrogen-bond donors (Lipinski definition) is 1. The maximum atomic E-state index is 6.00. The lowest BCUT2D eigenvalue weighted by atomic mass is 10.1. The van der Waals surface area contributed by atoms with Crippen molar-refractivity contribution >= 4 is 0 Å². The first-order valence-corrected chi connectivity index (χ1v) is 6.92. The third kappa shape index (κ3) is 3.85. The monoisotopic (exact) mass is 265 g/mol. The molecule has 0 aliphatic carbocycles. The molecule has 1 aliphatic heterocycles. The van der Waals surface area contributed by atoms with Crippen molar-refractivity contribution in [2.75, 3.05) is 33.5 Å². The predicted molar refractivity (Wildman–Crippen MR) is 74.8 cm³/mol. The lowest BCUT2D eigenvalue weighted by Crippen LogP contribution is -2.16. The molecule has 0 amide bonds. The highest BCUT2D eigenvalue weighted by Crippen LogP contribution is 2.32. The van der Waals surface area contributed by atoms with Crippen LogP contribution in [-0.4, -0.2) is 33.5 Å². The predicted octanol–water partition coefficient (Wildman–Crippen LogP) is 2.22. The standard InChI is InChI=1S/C15H23NO3/c1-3-16-9-13-5-4-6-14(17-2)15(13)19-11-12-7-8-18-10-12/h4-6,12,16H,3,7-11H2,1-2H3. The van der Waals surface area contributed by atoms with Crippen molar-refractivity contribution in [3.05, 3.63) is 23.8 Å². The second-order valence-corrected chi connectivity index (χ2v) is 4.77. The van der Waals surface area contributed by atoms with Crippen LogP contribution in [0.25, 0.3) is 0 Å². The summed E-state index contributed by atoms with van der Waals surface area (Å²) in [4.78, 5) is 0. The number of para-hydroxylation sites is 1. The molecule has 19 heavy (non-hydrogen) atoms. The minimum absolute atomic E-state index is 0.497. The van der Waals surface area contributed by atoms with Crippen LogP contribution in [0.3, 0.4) is 0 Å². The van der Waals surface area contributed by atoms with Gasteiger partial charge in [0.2, 0.25) is 0 Å². The molecule has 1 saturated heterocycles. The lowest BCUT2D eigenvalue weighted by Gasteiger charge is -2.17. The molecule has 1 aromatic rings. The molecule has 0 radical (unpaired) electrons. The number of methoxy groups -OCH3 is 1. The van der Waals surface area contributed by atoms with E-state index >= 15 is 0 Å². The lowest BCUT2D eigenvalue weighted by molar-refractivity contribution is 0.165. The van der Waals surface area contributed by atoms with Crippen LogP contribution in [-0.2, 0) is 11.3 Å². The van der Waals surface area contributed by atoms with Crippen molar-refractivity contribution in [3.8, 4) is 11.5 Å². The fraction of sp³-hybridized carbons (Fsp3) is 0.600. The van der Waals surface area contributed by atoms with Gasteiger partial charge in [0.15, 0.2) is 11.5 Å². The van der Waals surface area contributed by atoms with Gasteiger partial charge in [0.05, 0.1) is 20.3 Å². The molecule has 4 nitrogen and oxygen atoms in total. The van der Waals surface area contributed by atoms with E-state index in [1.807, 2.05) is 12.1 Å². The quantitative estimate of drug-likeness (QED) is 0.820. The second-order valence-electron chi connectivity index (χ2n) is 4.77. The summed E-state index contributed by atoms with van der Waals surface area (Å²) >= 11 is 0. The molecular weight excluding hydrogens is 242 g/mol. The van der Waals surface area contributed by atoms with Crippen molar-refractivity contribution in [1.29, 1.82) is 0 Å². The zero-order valence-electron chi connectivity index (χ0n) is 11.8. The summed E-state index contributed by atoms with van der Waals surface area (Å²) in [6.45, 7) is 6.18. The van der Waals surface area contributed by atoms with E-state index in [-0.39, 0.29) is 0 Å². The van der Waals surface area contributed by atoms with Gasteiger partial charge in [-0.25, -0.2) is 0 Å². The molecule has 106 valence electrons. The smallest absolute Gasteiger partial charge is 0.165 e. The van der Waals surface area contributed by atoms with E-state index in [9.17, 15) is 0 Å². The van der Waals surface area contributed by atoms with E-state index < -0.39 is 0 Å². The third-order valence-corrected chi connectivity index (χ3v) is 3.33. The SMILES string of the molecule is CCNCc1cccc(OC)c1OCC1CCOC1. The third-order valence-electron chi connectivity index (χ3n) is 3.33. The maximum absolute atomic E-state index is 6.00. The zero-order valence-corrected chi connectivity index (χ0v) is 11.8. The first kappa shape index (κ1) is 14.2. The fourth-order valence-corrected chi connectivity index (χ4v) is 2.20. The first-order valence-electron chi connectivity index (χ1n) is 6.92. The van der Waals surface area contributed by atoms with E-state index in [0.29, 0.717) is 12.5 Å². The van der Waals surface area contributed by atoms with Gasteiger partial charge in [-0.05, 0) is 19.0 Å². The van der Waals surface area contributed by atoms with Crippen LogP contribution in [0, 0.1) is 5.92 Å². The Kier molecular flexibility index (Phi) is 5.48. The number of nitrogens with one attached hydrogen (secondary N) is 1. The number of benzene rings is 1. The van der Waals surface area contributed by atoms with Gasteiger partial charge in [-0.3, -0.25) is 0 Å². The van der Waals surface area contributed by atoms with E-state index in [4.69, 9.17) is 14.2 Å². The average Bonchev–Trinajstić information content (AvgIpc) is 2.96. The maximum Gasteiger partial charge on any atom is 0.165 e. The van der Waals surface area contributed by atoms with Crippen LogP contribution in [0.15, 0.2) is 18.2 Å². The van der Waals surface area contributed by atoms with Gasteiger partial charge in [0, 0.05) is 24.6 Å². The second kappa shape index (κ2) is 7.36. The van der Waals surface area contributed by atoms with Gasteiger partial charge in [0.25, 0.3) is 0 Å². The zero-order chi connectivity index (χ0) is 13.5. The molecule has 1 aliphatic rings. The fourth-order valence-electron chi connectivity index (χ4n) is 2.20. The van der Waals surface area contributed by atoms with Gasteiger partial charge < -0.3 is 19.5 Å². The molecule has 1 heterocycles. The van der Waals surface area contributed by atoms with Gasteiger partial charge in [-0.2, -0.15) is 0 Å². The largest absolute Gasteiger partial charge is 0.493 e. The molecular formula is C15H23NO3. The molecule has 0 bridgehead atoms. The minimum Gasteiger partial charge on any atom is -0.493 e. The Labute approximate surface area is 115 Å². The molecule has 0 spiro atoms. The van der Waals surface area contributed by atoms with Crippen molar-refractivity contribution in [2.45, 2.75) is 19.9 Å². The summed E-state index contributed by atoms with van der Waals surface area (Å²) in [6.07, 6.45) is 1.08. The summed E-state index contributed by atoms with van der Waals surface area (Å²) < 4.78 is 16.8. The minimum atomic E-state index is 0.497. The van der Waals surface area contributed by atoms with Crippen LogP contribution in [0.2, 0.25) is 0 Å². The summed E-state index contributed by atoms with van der Waals surface area (Å²) in [6, 6.07) is 6.01. The normalized spacial score (nSPS) is 18.5. The van der Waals surface area contributed by atoms with Crippen LogP contribution >= 0.6 is 0 Å². The van der Waals surface area contributed by atoms with Crippen LogP contribution in [0.1, 0.15) is 18.9 Å². The number of hydrogen-bond acceptors (Lipinski definition) is 4. The molecule has 0 saturated carbocycles.